The van der Waals surface area contributed by atoms with Crippen molar-refractivity contribution in [3.05, 3.63) is 24.4 Å². The fraction of sp³-hybridized carbons (Fsp3) is 0. The quantitative estimate of drug-likeness (QED) is 0.504. The van der Waals surface area contributed by atoms with Gasteiger partial charge in [0.1, 0.15) is 5.82 Å². The molecule has 0 saturated carbocycles. The normalized spacial score (nSPS) is 7.11. The summed E-state index contributed by atoms with van der Waals surface area (Å²) in [6.45, 7) is 2.50. The molecule has 9 heavy (non-hydrogen) atoms. The molecule has 0 amide bonds. The second-order valence-corrected chi connectivity index (χ2v) is 1.25. The van der Waals surface area contributed by atoms with Gasteiger partial charge in [-0.15, -0.1) is 0 Å². The minimum absolute atomic E-state index is 0.572. The van der Waals surface area contributed by atoms with E-state index in [1.807, 2.05) is 12.1 Å². The molecule has 3 heteroatoms. The highest BCUT2D eigenvalue weighted by atomic mass is 14.8. The van der Waals surface area contributed by atoms with Crippen molar-refractivity contribution in [2.45, 2.75) is 0 Å². The van der Waals surface area contributed by atoms with E-state index in [1.165, 1.54) is 0 Å². The number of hydrogen-bond acceptors (Lipinski definition) is 3. The molecule has 1 rings (SSSR count). The van der Waals surface area contributed by atoms with E-state index in [2.05, 4.69) is 11.7 Å². The van der Waals surface area contributed by atoms with Crippen LogP contribution in [0.1, 0.15) is 0 Å². The van der Waals surface area contributed by atoms with Crippen LogP contribution in [-0.4, -0.2) is 11.7 Å². The molecule has 0 atom stereocenters. The molecule has 0 aliphatic carbocycles. The molecule has 0 aromatic carbocycles. The van der Waals surface area contributed by atoms with Gasteiger partial charge in [-0.3, -0.25) is 0 Å². The number of nitrogens with zero attached hydrogens (tertiary/aromatic N) is 1. The van der Waals surface area contributed by atoms with Crippen molar-refractivity contribution in [2.75, 3.05) is 5.73 Å². The van der Waals surface area contributed by atoms with Crippen LogP contribution in [0.4, 0.5) is 5.82 Å². The van der Waals surface area contributed by atoms with Gasteiger partial charge in [0.25, 0.3) is 0 Å². The predicted octanol–water partition coefficient (Wildman–Crippen LogP) is 0.930. The summed E-state index contributed by atoms with van der Waals surface area (Å²) in [5, 5.41) is 5.50. The van der Waals surface area contributed by atoms with Crippen molar-refractivity contribution in [2.24, 2.45) is 0 Å². The number of pyridine rings is 1. The summed E-state index contributed by atoms with van der Waals surface area (Å²) in [6.07, 6.45) is 1.66. The molecule has 0 unspecified atom stereocenters. The molecule has 0 saturated heterocycles. The van der Waals surface area contributed by atoms with Crippen LogP contribution in [0.15, 0.2) is 24.4 Å². The zero-order valence-electron chi connectivity index (χ0n) is 5.04. The maximum Gasteiger partial charge on any atom is 0.123 e. The van der Waals surface area contributed by atoms with Crippen LogP contribution < -0.4 is 5.73 Å². The molecule has 0 fully saturated rings. The van der Waals surface area contributed by atoms with E-state index in [0.717, 1.165) is 0 Å². The summed E-state index contributed by atoms with van der Waals surface area (Å²) in [5.74, 6) is 0.572. The molecule has 1 aromatic heterocycles. The van der Waals surface area contributed by atoms with Crippen LogP contribution in [0.25, 0.3) is 0 Å². The number of nitrogens with one attached hydrogen (secondary N) is 1. The SMILES string of the molecule is C=N.Nc1ccccn1. The Hall–Kier alpha value is -1.38. The highest BCUT2D eigenvalue weighted by molar-refractivity contribution is 5.25. The number of anilines is 1. The van der Waals surface area contributed by atoms with Gasteiger partial charge < -0.3 is 11.1 Å². The van der Waals surface area contributed by atoms with Crippen molar-refractivity contribution in [1.29, 1.82) is 5.41 Å². The first-order valence-electron chi connectivity index (χ1n) is 2.41. The van der Waals surface area contributed by atoms with Crippen LogP contribution in [0.5, 0.6) is 0 Å². The monoisotopic (exact) mass is 123 g/mol. The zero-order valence-corrected chi connectivity index (χ0v) is 5.04. The van der Waals surface area contributed by atoms with Crippen LogP contribution in [-0.2, 0) is 0 Å². The van der Waals surface area contributed by atoms with Crippen molar-refractivity contribution in [3.63, 3.8) is 0 Å². The first-order valence-corrected chi connectivity index (χ1v) is 2.41. The first-order chi connectivity index (χ1) is 4.39. The molecule has 0 aliphatic rings. The molecule has 3 N–H and O–H groups in total. The van der Waals surface area contributed by atoms with E-state index in [1.54, 1.807) is 12.3 Å². The highest BCUT2D eigenvalue weighted by Gasteiger charge is 1.73. The van der Waals surface area contributed by atoms with Crippen LogP contribution >= 0.6 is 0 Å². The smallest absolute Gasteiger partial charge is 0.123 e. The van der Waals surface area contributed by atoms with Gasteiger partial charge in [-0.1, -0.05) is 6.07 Å². The summed E-state index contributed by atoms with van der Waals surface area (Å²) >= 11 is 0. The molecule has 0 radical (unpaired) electrons. The summed E-state index contributed by atoms with van der Waals surface area (Å²) < 4.78 is 0. The second kappa shape index (κ2) is 4.77. The predicted molar refractivity (Wildman–Crippen MR) is 38.5 cm³/mol. The van der Waals surface area contributed by atoms with E-state index in [4.69, 9.17) is 11.1 Å². The van der Waals surface area contributed by atoms with Gasteiger partial charge in [-0.2, -0.15) is 0 Å². The average molecular weight is 123 g/mol. The second-order valence-electron chi connectivity index (χ2n) is 1.25. The lowest BCUT2D eigenvalue weighted by molar-refractivity contribution is 1.34. The van der Waals surface area contributed by atoms with Crippen molar-refractivity contribution in [3.8, 4) is 0 Å². The summed E-state index contributed by atoms with van der Waals surface area (Å²) in [4.78, 5) is 3.76. The van der Waals surface area contributed by atoms with Crippen LogP contribution in [0, 0.1) is 5.41 Å². The van der Waals surface area contributed by atoms with E-state index < -0.39 is 0 Å². The first kappa shape index (κ1) is 7.62. The lowest BCUT2D eigenvalue weighted by atomic mass is 10.5. The Balaban J connectivity index is 0.000000291. The van der Waals surface area contributed by atoms with Gasteiger partial charge in [0.05, 0.1) is 0 Å². The van der Waals surface area contributed by atoms with Gasteiger partial charge >= 0.3 is 0 Å². The molecule has 0 bridgehead atoms. The van der Waals surface area contributed by atoms with Gasteiger partial charge in [-0.05, 0) is 18.9 Å². The highest BCUT2D eigenvalue weighted by Crippen LogP contribution is 1.89. The van der Waals surface area contributed by atoms with Gasteiger partial charge in [-0.25, -0.2) is 4.98 Å². The zero-order chi connectivity index (χ0) is 7.11. The third-order valence-corrected chi connectivity index (χ3v) is 0.688. The molecular formula is C6H9N3. The Kier molecular flexibility index (Phi) is 4.04. The topological polar surface area (TPSA) is 62.8 Å². The van der Waals surface area contributed by atoms with Crippen molar-refractivity contribution in [1.82, 2.24) is 4.98 Å². The Labute approximate surface area is 54.0 Å². The maximum absolute atomic E-state index is 5.50. The van der Waals surface area contributed by atoms with Gasteiger partial charge in [0.2, 0.25) is 0 Å². The molecular weight excluding hydrogens is 114 g/mol. The number of nitrogen functional groups attached to an aromatic ring is 1. The lowest BCUT2D eigenvalue weighted by Gasteiger charge is -1.82. The van der Waals surface area contributed by atoms with Gasteiger partial charge in [0, 0.05) is 6.20 Å². The summed E-state index contributed by atoms with van der Waals surface area (Å²) in [5.41, 5.74) is 5.25. The minimum Gasteiger partial charge on any atom is -0.384 e. The van der Waals surface area contributed by atoms with E-state index in [0.29, 0.717) is 5.82 Å². The average Bonchev–Trinajstić information content (AvgIpc) is 1.94. The molecule has 0 aliphatic heterocycles. The lowest BCUT2D eigenvalue weighted by Crippen LogP contribution is -1.85. The fourth-order valence-electron chi connectivity index (χ4n) is 0.376. The standard InChI is InChI=1S/C5H6N2.CH3N/c6-5-3-1-2-4-7-5;1-2/h1-4H,(H2,6,7);2H,1H2. The largest absolute Gasteiger partial charge is 0.384 e. The Bertz CT molecular complexity index is 150. The Morgan fingerprint density at radius 3 is 2.33 bits per heavy atom. The number of aromatic nitrogens is 1. The van der Waals surface area contributed by atoms with Crippen molar-refractivity contribution >= 4 is 12.5 Å². The molecule has 3 nitrogen and oxygen atoms in total. The third kappa shape index (κ3) is 3.22. The van der Waals surface area contributed by atoms with Crippen molar-refractivity contribution < 1.29 is 0 Å². The molecule has 1 heterocycles. The van der Waals surface area contributed by atoms with Gasteiger partial charge in [0.15, 0.2) is 0 Å². The number of rotatable bonds is 0. The Morgan fingerprint density at radius 2 is 2.11 bits per heavy atom. The summed E-state index contributed by atoms with van der Waals surface area (Å²) in [7, 11) is 0. The van der Waals surface area contributed by atoms with E-state index >= 15 is 0 Å². The Morgan fingerprint density at radius 1 is 1.44 bits per heavy atom. The fourth-order valence-corrected chi connectivity index (χ4v) is 0.376. The molecule has 1 aromatic rings. The molecule has 0 spiro atoms. The maximum atomic E-state index is 5.50. The van der Waals surface area contributed by atoms with E-state index in [9.17, 15) is 0 Å². The van der Waals surface area contributed by atoms with Crippen LogP contribution in [0.3, 0.4) is 0 Å². The summed E-state index contributed by atoms with van der Waals surface area (Å²) in [6, 6.07) is 5.43. The minimum atomic E-state index is 0.572. The molecule has 48 valence electrons. The van der Waals surface area contributed by atoms with Crippen LogP contribution in [0.2, 0.25) is 0 Å². The number of hydrogen-bond donors (Lipinski definition) is 2. The number of nitrogens with two attached hydrogens (primary N) is 1. The third-order valence-electron chi connectivity index (χ3n) is 0.688. The van der Waals surface area contributed by atoms with E-state index in [-0.39, 0.29) is 0 Å².